The standard InChI is InChI=1S/C29H28N2O12/c30-10-2-1-5-16(31)29(38)41-15(13-39-19-6-3-8-21-25(19)17(32)11-23(42-21)27(34)35)14-40-20-7-4-9-22-26(20)18(33)12-24(43-22)28(36)37/h3-4,6-9,11-12,15-16H,1-2,5,10,13-14,30-31H2,(H,34,35)(H,36,37). The summed E-state index contributed by atoms with van der Waals surface area (Å²) in [5.74, 6) is -4.62. The normalized spacial score (nSPS) is 11.9. The first-order valence-electron chi connectivity index (χ1n) is 13.1. The van der Waals surface area contributed by atoms with E-state index in [2.05, 4.69) is 0 Å². The molecule has 0 saturated carbocycles. The largest absolute Gasteiger partial charge is 0.489 e. The highest BCUT2D eigenvalue weighted by atomic mass is 16.6. The lowest BCUT2D eigenvalue weighted by atomic mass is 10.1. The Morgan fingerprint density at radius 1 is 0.791 bits per heavy atom. The fourth-order valence-electron chi connectivity index (χ4n) is 4.17. The highest BCUT2D eigenvalue weighted by Crippen LogP contribution is 2.26. The minimum atomic E-state index is -1.42. The number of ether oxygens (including phenoxy) is 3. The number of fused-ring (bicyclic) bond motifs is 2. The second-order valence-electron chi connectivity index (χ2n) is 9.39. The predicted octanol–water partition coefficient (Wildman–Crippen LogP) is 2.12. The van der Waals surface area contributed by atoms with Gasteiger partial charge in [-0.15, -0.1) is 0 Å². The van der Waals surface area contributed by atoms with Crippen LogP contribution < -0.4 is 31.8 Å². The molecule has 0 aliphatic carbocycles. The Kier molecular flexibility index (Phi) is 9.75. The summed E-state index contributed by atoms with van der Waals surface area (Å²) < 4.78 is 27.8. The number of esters is 1. The lowest BCUT2D eigenvalue weighted by molar-refractivity contribution is -0.154. The van der Waals surface area contributed by atoms with Crippen molar-refractivity contribution in [3.8, 4) is 11.5 Å². The number of rotatable bonds is 14. The molecule has 4 rings (SSSR count). The SMILES string of the molecule is NCCCCC(N)C(=O)OC(COc1cccc2oc(C(=O)O)cc(=O)c12)COc1cccc2oc(C(=O)O)cc(=O)c12. The van der Waals surface area contributed by atoms with Crippen molar-refractivity contribution in [1.29, 1.82) is 0 Å². The molecule has 0 amide bonds. The molecule has 2 aromatic carbocycles. The molecular formula is C29H28N2O12. The van der Waals surface area contributed by atoms with Gasteiger partial charge in [0.15, 0.2) is 17.0 Å². The molecule has 1 unspecified atom stereocenters. The third-order valence-corrected chi connectivity index (χ3v) is 6.26. The van der Waals surface area contributed by atoms with Gasteiger partial charge in [-0.2, -0.15) is 0 Å². The summed E-state index contributed by atoms with van der Waals surface area (Å²) in [7, 11) is 0. The van der Waals surface area contributed by atoms with Gasteiger partial charge in [0.2, 0.25) is 11.5 Å². The Hall–Kier alpha value is -5.21. The topological polar surface area (TPSA) is 232 Å². The van der Waals surface area contributed by atoms with Crippen LogP contribution in [0.5, 0.6) is 11.5 Å². The van der Waals surface area contributed by atoms with Gasteiger partial charge in [-0.05, 0) is 43.7 Å². The van der Waals surface area contributed by atoms with E-state index in [-0.39, 0.29) is 46.7 Å². The third kappa shape index (κ3) is 7.36. The van der Waals surface area contributed by atoms with Gasteiger partial charge < -0.3 is 44.7 Å². The van der Waals surface area contributed by atoms with E-state index in [1.165, 1.54) is 36.4 Å². The van der Waals surface area contributed by atoms with Crippen LogP contribution in [0.25, 0.3) is 21.9 Å². The molecule has 0 bridgehead atoms. The predicted molar refractivity (Wildman–Crippen MR) is 151 cm³/mol. The van der Waals surface area contributed by atoms with E-state index in [9.17, 15) is 34.2 Å². The van der Waals surface area contributed by atoms with Crippen LogP contribution in [0.2, 0.25) is 0 Å². The van der Waals surface area contributed by atoms with Gasteiger partial charge in [-0.1, -0.05) is 18.6 Å². The average molecular weight is 597 g/mol. The zero-order valence-corrected chi connectivity index (χ0v) is 22.6. The van der Waals surface area contributed by atoms with E-state index < -0.39 is 52.4 Å². The average Bonchev–Trinajstić information content (AvgIpc) is 2.97. The number of carboxylic acids is 2. The van der Waals surface area contributed by atoms with Crippen LogP contribution >= 0.6 is 0 Å². The molecule has 1 atom stereocenters. The quantitative estimate of drug-likeness (QED) is 0.121. The van der Waals surface area contributed by atoms with E-state index in [0.717, 1.165) is 12.1 Å². The lowest BCUT2D eigenvalue weighted by Gasteiger charge is -2.21. The van der Waals surface area contributed by atoms with E-state index in [4.69, 9.17) is 34.5 Å². The lowest BCUT2D eigenvalue weighted by Crippen LogP contribution is -2.39. The molecule has 14 heteroatoms. The van der Waals surface area contributed by atoms with E-state index >= 15 is 0 Å². The zero-order valence-electron chi connectivity index (χ0n) is 22.6. The second-order valence-corrected chi connectivity index (χ2v) is 9.39. The van der Waals surface area contributed by atoms with Crippen molar-refractivity contribution in [3.63, 3.8) is 0 Å². The van der Waals surface area contributed by atoms with Crippen LogP contribution in [-0.2, 0) is 9.53 Å². The summed E-state index contributed by atoms with van der Waals surface area (Å²) in [5, 5.41) is 18.3. The van der Waals surface area contributed by atoms with E-state index in [1.54, 1.807) is 0 Å². The van der Waals surface area contributed by atoms with Crippen molar-refractivity contribution in [2.75, 3.05) is 19.8 Å². The van der Waals surface area contributed by atoms with Crippen molar-refractivity contribution >= 4 is 39.8 Å². The van der Waals surface area contributed by atoms with Crippen molar-refractivity contribution in [2.24, 2.45) is 11.5 Å². The minimum absolute atomic E-state index is 0.0297. The molecule has 0 aliphatic rings. The van der Waals surface area contributed by atoms with Crippen molar-refractivity contribution in [3.05, 3.63) is 80.5 Å². The number of aromatic carboxylic acids is 2. The number of carbonyl (C=O) groups is 3. The van der Waals surface area contributed by atoms with Crippen LogP contribution in [0.15, 0.2) is 67.0 Å². The number of hydrogen-bond acceptors (Lipinski definition) is 12. The fourth-order valence-corrected chi connectivity index (χ4v) is 4.17. The molecule has 226 valence electrons. The molecule has 0 saturated heterocycles. The summed E-state index contributed by atoms with van der Waals surface area (Å²) >= 11 is 0. The first-order valence-corrected chi connectivity index (χ1v) is 13.1. The number of hydrogen-bond donors (Lipinski definition) is 4. The zero-order chi connectivity index (χ0) is 31.1. The third-order valence-electron chi connectivity index (χ3n) is 6.26. The van der Waals surface area contributed by atoms with E-state index in [0.29, 0.717) is 25.8 Å². The van der Waals surface area contributed by atoms with Crippen LogP contribution in [0.3, 0.4) is 0 Å². The summed E-state index contributed by atoms with van der Waals surface area (Å²) in [5.41, 5.74) is 10.1. The van der Waals surface area contributed by atoms with Crippen LogP contribution in [0, 0.1) is 0 Å². The Morgan fingerprint density at radius 2 is 1.28 bits per heavy atom. The summed E-state index contributed by atoms with van der Waals surface area (Å²) in [4.78, 5) is 60.7. The molecule has 0 spiro atoms. The van der Waals surface area contributed by atoms with Gasteiger partial charge >= 0.3 is 17.9 Å². The molecule has 0 fully saturated rings. The maximum absolute atomic E-state index is 12.8. The Balaban J connectivity index is 1.59. The molecule has 2 heterocycles. The van der Waals surface area contributed by atoms with Gasteiger partial charge in [0.1, 0.15) is 52.7 Å². The van der Waals surface area contributed by atoms with Crippen molar-refractivity contribution < 1.29 is 47.6 Å². The Labute approximate surface area is 242 Å². The van der Waals surface area contributed by atoms with E-state index in [1.807, 2.05) is 0 Å². The molecule has 0 radical (unpaired) electrons. The minimum Gasteiger partial charge on any atom is -0.489 e. The van der Waals surface area contributed by atoms with Gasteiger partial charge in [0, 0.05) is 12.1 Å². The van der Waals surface area contributed by atoms with Crippen molar-refractivity contribution in [2.45, 2.75) is 31.4 Å². The molecule has 43 heavy (non-hydrogen) atoms. The molecule has 4 aromatic rings. The van der Waals surface area contributed by atoms with Crippen LogP contribution in [0.1, 0.15) is 40.4 Å². The molecule has 2 aromatic heterocycles. The van der Waals surface area contributed by atoms with Crippen LogP contribution in [0.4, 0.5) is 0 Å². The number of nitrogens with two attached hydrogens (primary N) is 2. The summed E-state index contributed by atoms with van der Waals surface area (Å²) in [6, 6.07) is 9.35. The first kappa shape index (κ1) is 30.7. The summed E-state index contributed by atoms with van der Waals surface area (Å²) in [6.45, 7) is -0.252. The highest BCUT2D eigenvalue weighted by molar-refractivity contribution is 5.90. The number of carbonyl (C=O) groups excluding carboxylic acids is 1. The van der Waals surface area contributed by atoms with Gasteiger partial charge in [0.05, 0.1) is 0 Å². The Morgan fingerprint density at radius 3 is 1.72 bits per heavy atom. The van der Waals surface area contributed by atoms with Crippen molar-refractivity contribution in [1.82, 2.24) is 0 Å². The smallest absolute Gasteiger partial charge is 0.371 e. The molecule has 0 aliphatic heterocycles. The highest BCUT2D eigenvalue weighted by Gasteiger charge is 2.24. The Bertz CT molecular complexity index is 1660. The molecule has 14 nitrogen and oxygen atoms in total. The number of carboxylic acid groups (broad SMARTS) is 2. The second kappa shape index (κ2) is 13.6. The molecular weight excluding hydrogens is 568 g/mol. The maximum Gasteiger partial charge on any atom is 0.371 e. The van der Waals surface area contributed by atoms with Crippen LogP contribution in [-0.4, -0.2) is 60.0 Å². The van der Waals surface area contributed by atoms with Gasteiger partial charge in [-0.3, -0.25) is 14.4 Å². The first-order chi connectivity index (χ1) is 20.6. The monoisotopic (exact) mass is 596 g/mol. The van der Waals surface area contributed by atoms with Gasteiger partial charge in [-0.25, -0.2) is 9.59 Å². The summed E-state index contributed by atoms with van der Waals surface area (Å²) in [6.07, 6.45) is 0.460. The number of unbranched alkanes of at least 4 members (excludes halogenated alkanes) is 1. The molecule has 6 N–H and O–H groups in total. The fraction of sp³-hybridized carbons (Fsp3) is 0.276. The van der Waals surface area contributed by atoms with Gasteiger partial charge in [0.25, 0.3) is 0 Å². The number of benzene rings is 2. The maximum atomic E-state index is 12.8.